The second kappa shape index (κ2) is 5.13. The summed E-state index contributed by atoms with van der Waals surface area (Å²) in [4.78, 5) is 4.71. The minimum Gasteiger partial charge on any atom is -0.381 e. The molecule has 1 unspecified atom stereocenters. The Morgan fingerprint density at radius 2 is 2.12 bits per heavy atom. The van der Waals surface area contributed by atoms with Gasteiger partial charge < -0.3 is 15.1 Å². The first-order chi connectivity index (χ1) is 8.13. The third-order valence-electron chi connectivity index (χ3n) is 4.02. The van der Waals surface area contributed by atoms with E-state index >= 15 is 0 Å². The molecule has 17 heavy (non-hydrogen) atoms. The molecule has 0 aromatic heterocycles. The number of allylic oxidation sites excluding steroid dienone is 2. The van der Waals surface area contributed by atoms with Crippen LogP contribution in [-0.2, 0) is 0 Å². The Balaban J connectivity index is 2.35. The van der Waals surface area contributed by atoms with Crippen LogP contribution in [0.4, 0.5) is 0 Å². The maximum atomic E-state index is 3.48. The summed E-state index contributed by atoms with van der Waals surface area (Å²) in [5, 5.41) is 3.48. The third kappa shape index (κ3) is 2.49. The molecule has 0 amide bonds. The van der Waals surface area contributed by atoms with Crippen molar-refractivity contribution in [1.29, 1.82) is 0 Å². The quantitative estimate of drug-likeness (QED) is 0.787. The number of hydrogen-bond acceptors (Lipinski definition) is 3. The summed E-state index contributed by atoms with van der Waals surface area (Å²) in [5.41, 5.74) is 4.52. The van der Waals surface area contributed by atoms with Gasteiger partial charge in [-0.1, -0.05) is 0 Å². The molecule has 1 atom stereocenters. The Bertz CT molecular complexity index is 341. The predicted octanol–water partition coefficient (Wildman–Crippen LogP) is 1.79. The van der Waals surface area contributed by atoms with E-state index in [1.807, 2.05) is 0 Å². The van der Waals surface area contributed by atoms with Crippen LogP contribution in [0.3, 0.4) is 0 Å². The zero-order valence-corrected chi connectivity index (χ0v) is 11.6. The lowest BCUT2D eigenvalue weighted by Crippen LogP contribution is -2.30. The second-order valence-electron chi connectivity index (χ2n) is 5.34. The fourth-order valence-corrected chi connectivity index (χ4v) is 2.91. The number of hydrogen-bond donors (Lipinski definition) is 1. The van der Waals surface area contributed by atoms with E-state index in [4.69, 9.17) is 0 Å². The molecule has 0 fully saturated rings. The molecule has 3 heteroatoms. The van der Waals surface area contributed by atoms with Crippen LogP contribution in [0.25, 0.3) is 0 Å². The molecule has 3 nitrogen and oxygen atoms in total. The molecule has 0 saturated carbocycles. The largest absolute Gasteiger partial charge is 0.381 e. The predicted molar refractivity (Wildman–Crippen MR) is 72.7 cm³/mol. The van der Waals surface area contributed by atoms with E-state index in [0.29, 0.717) is 6.04 Å². The van der Waals surface area contributed by atoms with Crippen molar-refractivity contribution in [2.75, 3.05) is 34.7 Å². The highest BCUT2D eigenvalue weighted by Crippen LogP contribution is 2.32. The molecule has 1 aliphatic carbocycles. The second-order valence-corrected chi connectivity index (χ2v) is 5.34. The van der Waals surface area contributed by atoms with E-state index in [1.54, 1.807) is 5.70 Å². The van der Waals surface area contributed by atoms with Crippen molar-refractivity contribution in [3.8, 4) is 0 Å². The molecule has 96 valence electrons. The van der Waals surface area contributed by atoms with E-state index in [9.17, 15) is 0 Å². The van der Waals surface area contributed by atoms with E-state index in [0.717, 1.165) is 0 Å². The zero-order chi connectivity index (χ0) is 12.4. The lowest BCUT2D eigenvalue weighted by atomic mass is 9.93. The Hall–Kier alpha value is -0.960. The van der Waals surface area contributed by atoms with Crippen molar-refractivity contribution >= 4 is 0 Å². The molecule has 0 radical (unpaired) electrons. The normalized spacial score (nSPS) is 25.3. The molecule has 0 aromatic rings. The summed E-state index contributed by atoms with van der Waals surface area (Å²) >= 11 is 0. The van der Waals surface area contributed by atoms with Crippen LogP contribution in [0.2, 0.25) is 0 Å². The minimum absolute atomic E-state index is 0.533. The van der Waals surface area contributed by atoms with Crippen LogP contribution in [0, 0.1) is 0 Å². The molecule has 1 heterocycles. The Morgan fingerprint density at radius 1 is 1.35 bits per heavy atom. The zero-order valence-electron chi connectivity index (χ0n) is 11.6. The molecule has 1 N–H and O–H groups in total. The number of likely N-dealkylation sites (N-methyl/N-ethyl adjacent to an activating group) is 1. The van der Waals surface area contributed by atoms with Gasteiger partial charge in [-0.2, -0.15) is 0 Å². The van der Waals surface area contributed by atoms with Crippen LogP contribution in [0.1, 0.15) is 25.7 Å². The van der Waals surface area contributed by atoms with Gasteiger partial charge in [0.05, 0.1) is 0 Å². The van der Waals surface area contributed by atoms with Gasteiger partial charge in [-0.15, -0.1) is 0 Å². The van der Waals surface area contributed by atoms with Crippen molar-refractivity contribution in [2.45, 2.75) is 31.7 Å². The third-order valence-corrected chi connectivity index (χ3v) is 4.02. The van der Waals surface area contributed by atoms with Gasteiger partial charge in [-0.25, -0.2) is 0 Å². The summed E-state index contributed by atoms with van der Waals surface area (Å²) in [6.07, 6.45) is 7.29. The van der Waals surface area contributed by atoms with E-state index in [1.165, 1.54) is 43.5 Å². The maximum Gasteiger partial charge on any atom is 0.0336 e. The topological polar surface area (TPSA) is 18.5 Å². The van der Waals surface area contributed by atoms with E-state index in [-0.39, 0.29) is 0 Å². The highest BCUT2D eigenvalue weighted by atomic mass is 15.1. The molecule has 0 bridgehead atoms. The Kier molecular flexibility index (Phi) is 3.77. The van der Waals surface area contributed by atoms with Gasteiger partial charge in [0.25, 0.3) is 0 Å². The highest BCUT2D eigenvalue weighted by Gasteiger charge is 2.25. The minimum atomic E-state index is 0.533. The van der Waals surface area contributed by atoms with Crippen molar-refractivity contribution < 1.29 is 0 Å². The number of nitrogens with zero attached hydrogens (tertiary/aromatic N) is 2. The van der Waals surface area contributed by atoms with Gasteiger partial charge in [-0.05, 0) is 44.4 Å². The van der Waals surface area contributed by atoms with Gasteiger partial charge in [0.1, 0.15) is 0 Å². The molecular weight excluding hydrogens is 210 g/mol. The smallest absolute Gasteiger partial charge is 0.0336 e. The maximum absolute atomic E-state index is 3.48. The van der Waals surface area contributed by atoms with Crippen molar-refractivity contribution in [3.05, 3.63) is 23.0 Å². The van der Waals surface area contributed by atoms with Crippen LogP contribution < -0.4 is 5.32 Å². The molecule has 2 aliphatic rings. The fraction of sp³-hybridized carbons (Fsp3) is 0.714. The van der Waals surface area contributed by atoms with Crippen LogP contribution in [0.15, 0.2) is 23.0 Å². The number of rotatable bonds is 2. The van der Waals surface area contributed by atoms with E-state index < -0.39 is 0 Å². The number of nitrogens with one attached hydrogen (secondary N) is 1. The highest BCUT2D eigenvalue weighted by molar-refractivity contribution is 5.37. The first-order valence-electron chi connectivity index (χ1n) is 6.63. The average Bonchev–Trinajstić information content (AvgIpc) is 2.48. The average molecular weight is 235 g/mol. The standard InChI is InChI=1S/C14H25N3/c1-15-13-6-5-9-17(4)14-8-7-11(16(2)3)10-12(13)14/h10,13,15H,5-9H2,1-4H3. The molecule has 0 saturated heterocycles. The Morgan fingerprint density at radius 3 is 2.76 bits per heavy atom. The van der Waals surface area contributed by atoms with Crippen molar-refractivity contribution in [1.82, 2.24) is 15.1 Å². The summed E-state index contributed by atoms with van der Waals surface area (Å²) < 4.78 is 0. The summed E-state index contributed by atoms with van der Waals surface area (Å²) in [7, 11) is 8.61. The molecule has 0 aromatic carbocycles. The first-order valence-corrected chi connectivity index (χ1v) is 6.63. The Labute approximate surface area is 105 Å². The van der Waals surface area contributed by atoms with Crippen molar-refractivity contribution in [3.63, 3.8) is 0 Å². The van der Waals surface area contributed by atoms with Gasteiger partial charge in [-0.3, -0.25) is 0 Å². The lowest BCUT2D eigenvalue weighted by Gasteiger charge is -2.30. The fourth-order valence-electron chi connectivity index (χ4n) is 2.91. The van der Waals surface area contributed by atoms with Gasteiger partial charge in [0.2, 0.25) is 0 Å². The van der Waals surface area contributed by atoms with Crippen molar-refractivity contribution in [2.24, 2.45) is 0 Å². The monoisotopic (exact) mass is 235 g/mol. The summed E-state index contributed by atoms with van der Waals surface area (Å²) in [5.74, 6) is 0. The summed E-state index contributed by atoms with van der Waals surface area (Å²) in [6.45, 7) is 1.20. The SMILES string of the molecule is CNC1CCCN(C)C2=C1C=C(N(C)C)CC2. The summed E-state index contributed by atoms with van der Waals surface area (Å²) in [6, 6.07) is 0.533. The molecule has 0 spiro atoms. The molecular formula is C14H25N3. The van der Waals surface area contributed by atoms with Crippen LogP contribution in [0.5, 0.6) is 0 Å². The molecule has 1 aliphatic heterocycles. The molecule has 2 rings (SSSR count). The van der Waals surface area contributed by atoms with Gasteiger partial charge in [0.15, 0.2) is 0 Å². The van der Waals surface area contributed by atoms with E-state index in [2.05, 4.69) is 49.4 Å². The van der Waals surface area contributed by atoms with Gasteiger partial charge >= 0.3 is 0 Å². The van der Waals surface area contributed by atoms with Gasteiger partial charge in [0, 0.05) is 45.1 Å². The van der Waals surface area contributed by atoms with Crippen LogP contribution >= 0.6 is 0 Å². The first kappa shape index (κ1) is 12.5. The van der Waals surface area contributed by atoms with Crippen LogP contribution in [-0.4, -0.2) is 50.6 Å². The lowest BCUT2D eigenvalue weighted by molar-refractivity contribution is 0.387.